The Labute approximate surface area is 183 Å². The predicted octanol–water partition coefficient (Wildman–Crippen LogP) is 4.12. The highest BCUT2D eigenvalue weighted by atomic mass is 16.5. The molecular weight excluding hydrogens is 406 g/mol. The first-order valence-corrected chi connectivity index (χ1v) is 9.94. The molecule has 0 saturated carbocycles. The number of benzene rings is 3. The van der Waals surface area contributed by atoms with Crippen molar-refractivity contribution in [2.24, 2.45) is 0 Å². The first-order chi connectivity index (χ1) is 15.6. The van der Waals surface area contributed by atoms with Crippen LogP contribution < -0.4 is 9.47 Å². The zero-order chi connectivity index (χ0) is 22.2. The Bertz CT molecular complexity index is 1480. The number of hydrogen-bond acceptors (Lipinski definition) is 7. The summed E-state index contributed by atoms with van der Waals surface area (Å²) in [5.74, 6) is 1.28. The number of carbonyl (C=O) groups is 1. The van der Waals surface area contributed by atoms with E-state index in [1.165, 1.54) is 0 Å². The smallest absolute Gasteiger partial charge is 0.212 e. The lowest BCUT2D eigenvalue weighted by atomic mass is 9.94. The molecule has 0 aliphatic heterocycles. The summed E-state index contributed by atoms with van der Waals surface area (Å²) < 4.78 is 11.0. The summed E-state index contributed by atoms with van der Waals surface area (Å²) in [5.41, 5.74) is 2.65. The van der Waals surface area contributed by atoms with Crippen LogP contribution in [0.5, 0.6) is 11.5 Å². The highest BCUT2D eigenvalue weighted by molar-refractivity contribution is 6.21. The van der Waals surface area contributed by atoms with E-state index in [1.54, 1.807) is 32.5 Å². The first-order valence-electron chi connectivity index (χ1n) is 9.94. The van der Waals surface area contributed by atoms with Gasteiger partial charge in [-0.25, -0.2) is 5.10 Å². The van der Waals surface area contributed by atoms with Gasteiger partial charge in [-0.1, -0.05) is 36.4 Å². The molecule has 2 aromatic heterocycles. The van der Waals surface area contributed by atoms with E-state index in [9.17, 15) is 4.79 Å². The standard InChI is InChI=1S/C24H19N5O3/c1-13-8-9-16(15-7-5-4-6-14(13)15)23(30)22-18-11-21(32-3)20(31-2)10-17(18)19(12-25-22)24-26-28-29-27-24/h4-12H,1-3H3,(H,26,27,28,29). The quantitative estimate of drug-likeness (QED) is 0.422. The molecule has 0 radical (unpaired) electrons. The largest absolute Gasteiger partial charge is 0.493 e. The number of aromatic nitrogens is 5. The molecule has 0 fully saturated rings. The van der Waals surface area contributed by atoms with Crippen LogP contribution in [0.4, 0.5) is 0 Å². The van der Waals surface area contributed by atoms with Crippen molar-refractivity contribution in [2.75, 3.05) is 14.2 Å². The van der Waals surface area contributed by atoms with Crippen molar-refractivity contribution in [2.45, 2.75) is 6.92 Å². The van der Waals surface area contributed by atoms with E-state index < -0.39 is 0 Å². The molecule has 0 aliphatic carbocycles. The van der Waals surface area contributed by atoms with Gasteiger partial charge in [0.1, 0.15) is 5.69 Å². The lowest BCUT2D eigenvalue weighted by Crippen LogP contribution is -2.07. The zero-order valence-electron chi connectivity index (χ0n) is 17.7. The average Bonchev–Trinajstić information content (AvgIpc) is 3.37. The number of ketones is 1. The highest BCUT2D eigenvalue weighted by Crippen LogP contribution is 2.38. The average molecular weight is 425 g/mol. The number of fused-ring (bicyclic) bond motifs is 2. The van der Waals surface area contributed by atoms with E-state index in [2.05, 4.69) is 25.6 Å². The van der Waals surface area contributed by atoms with Crippen molar-refractivity contribution < 1.29 is 14.3 Å². The van der Waals surface area contributed by atoms with Crippen LogP contribution >= 0.6 is 0 Å². The minimum Gasteiger partial charge on any atom is -0.493 e. The van der Waals surface area contributed by atoms with Crippen molar-refractivity contribution >= 4 is 27.3 Å². The molecule has 0 aliphatic rings. The van der Waals surface area contributed by atoms with Gasteiger partial charge in [0.25, 0.3) is 0 Å². The van der Waals surface area contributed by atoms with Gasteiger partial charge in [-0.2, -0.15) is 0 Å². The molecule has 0 atom stereocenters. The van der Waals surface area contributed by atoms with Gasteiger partial charge in [0, 0.05) is 28.1 Å². The van der Waals surface area contributed by atoms with Crippen molar-refractivity contribution in [3.8, 4) is 22.9 Å². The number of methoxy groups -OCH3 is 2. The third kappa shape index (κ3) is 3.04. The molecule has 0 spiro atoms. The van der Waals surface area contributed by atoms with E-state index in [-0.39, 0.29) is 5.78 Å². The predicted molar refractivity (Wildman–Crippen MR) is 120 cm³/mol. The molecule has 5 aromatic rings. The summed E-state index contributed by atoms with van der Waals surface area (Å²) >= 11 is 0. The van der Waals surface area contributed by atoms with Crippen LogP contribution in [0.1, 0.15) is 21.6 Å². The maximum Gasteiger partial charge on any atom is 0.212 e. The maximum atomic E-state index is 13.8. The highest BCUT2D eigenvalue weighted by Gasteiger charge is 2.22. The Morgan fingerprint density at radius 1 is 0.906 bits per heavy atom. The number of aryl methyl sites for hydroxylation is 1. The number of pyridine rings is 1. The number of nitrogens with zero attached hydrogens (tertiary/aromatic N) is 4. The van der Waals surface area contributed by atoms with Crippen LogP contribution in [0.15, 0.2) is 54.7 Å². The lowest BCUT2D eigenvalue weighted by Gasteiger charge is -2.14. The molecule has 1 N–H and O–H groups in total. The van der Waals surface area contributed by atoms with Gasteiger partial charge >= 0.3 is 0 Å². The fourth-order valence-electron chi connectivity index (χ4n) is 3.98. The van der Waals surface area contributed by atoms with Crippen LogP contribution in [0.25, 0.3) is 32.9 Å². The molecule has 0 saturated heterocycles. The molecule has 158 valence electrons. The summed E-state index contributed by atoms with van der Waals surface area (Å²) in [7, 11) is 3.11. The maximum absolute atomic E-state index is 13.8. The van der Waals surface area contributed by atoms with E-state index in [4.69, 9.17) is 9.47 Å². The number of ether oxygens (including phenoxy) is 2. The van der Waals surface area contributed by atoms with Crippen molar-refractivity contribution in [3.63, 3.8) is 0 Å². The summed E-state index contributed by atoms with van der Waals surface area (Å²) in [6, 6.07) is 15.2. The van der Waals surface area contributed by atoms with Gasteiger partial charge in [0.2, 0.25) is 5.78 Å². The number of rotatable bonds is 5. The Hall–Kier alpha value is -4.33. The zero-order valence-corrected chi connectivity index (χ0v) is 17.7. The van der Waals surface area contributed by atoms with E-state index in [0.717, 1.165) is 21.7 Å². The van der Waals surface area contributed by atoms with Crippen molar-refractivity contribution in [1.29, 1.82) is 0 Å². The second-order valence-electron chi connectivity index (χ2n) is 7.33. The van der Waals surface area contributed by atoms with E-state index >= 15 is 0 Å². The van der Waals surface area contributed by atoms with Crippen LogP contribution in [0.3, 0.4) is 0 Å². The van der Waals surface area contributed by atoms with Gasteiger partial charge in [-0.15, -0.1) is 5.10 Å². The van der Waals surface area contributed by atoms with Crippen molar-refractivity contribution in [1.82, 2.24) is 25.6 Å². The number of tetrazole rings is 1. The Balaban J connectivity index is 1.79. The number of H-pyrrole nitrogens is 1. The molecule has 3 aromatic carbocycles. The molecule has 8 nitrogen and oxygen atoms in total. The van der Waals surface area contributed by atoms with Crippen LogP contribution in [0, 0.1) is 6.92 Å². The summed E-state index contributed by atoms with van der Waals surface area (Å²) in [6.45, 7) is 2.03. The topological polar surface area (TPSA) is 103 Å². The second kappa shape index (κ2) is 7.73. The van der Waals surface area contributed by atoms with Gasteiger partial charge in [0.15, 0.2) is 17.3 Å². The van der Waals surface area contributed by atoms with E-state index in [1.807, 2.05) is 43.3 Å². The number of aromatic amines is 1. The summed E-state index contributed by atoms with van der Waals surface area (Å²) in [5, 5.41) is 17.3. The number of nitrogens with one attached hydrogen (secondary N) is 1. The Morgan fingerprint density at radius 3 is 2.31 bits per heavy atom. The third-order valence-electron chi connectivity index (χ3n) is 5.59. The van der Waals surface area contributed by atoms with Crippen LogP contribution in [0.2, 0.25) is 0 Å². The number of carbonyl (C=O) groups excluding carboxylic acids is 1. The van der Waals surface area contributed by atoms with Crippen LogP contribution in [-0.2, 0) is 0 Å². The molecule has 0 amide bonds. The normalized spacial score (nSPS) is 11.1. The van der Waals surface area contributed by atoms with Gasteiger partial charge in [-0.3, -0.25) is 9.78 Å². The fraction of sp³-hybridized carbons (Fsp3) is 0.125. The molecule has 0 unspecified atom stereocenters. The lowest BCUT2D eigenvalue weighted by molar-refractivity contribution is 0.103. The number of hydrogen-bond donors (Lipinski definition) is 1. The molecule has 8 heteroatoms. The monoisotopic (exact) mass is 425 g/mol. The van der Waals surface area contributed by atoms with Crippen LogP contribution in [-0.4, -0.2) is 45.6 Å². The Morgan fingerprint density at radius 2 is 1.62 bits per heavy atom. The minimum atomic E-state index is -0.180. The second-order valence-corrected chi connectivity index (χ2v) is 7.33. The summed E-state index contributed by atoms with van der Waals surface area (Å²) in [6.07, 6.45) is 1.60. The molecule has 2 heterocycles. The van der Waals surface area contributed by atoms with Crippen molar-refractivity contribution in [3.05, 3.63) is 71.5 Å². The fourth-order valence-corrected chi connectivity index (χ4v) is 3.98. The van der Waals surface area contributed by atoms with Gasteiger partial charge in [0.05, 0.1) is 14.2 Å². The van der Waals surface area contributed by atoms with Gasteiger partial charge in [-0.05, 0) is 45.8 Å². The van der Waals surface area contributed by atoms with Gasteiger partial charge < -0.3 is 9.47 Å². The summed E-state index contributed by atoms with van der Waals surface area (Å²) in [4.78, 5) is 18.3. The molecule has 32 heavy (non-hydrogen) atoms. The molecule has 5 rings (SSSR count). The van der Waals surface area contributed by atoms with E-state index in [0.29, 0.717) is 39.5 Å². The Kier molecular flexibility index (Phi) is 4.74. The third-order valence-corrected chi connectivity index (χ3v) is 5.59. The minimum absolute atomic E-state index is 0.180. The first kappa shape index (κ1) is 19.6. The molecule has 0 bridgehead atoms. The molecular formula is C24H19N5O3. The SMILES string of the molecule is COc1cc2c(-c3nnn[nH]3)cnc(C(=O)c3ccc(C)c4ccccc34)c2cc1OC.